The van der Waals surface area contributed by atoms with Crippen LogP contribution in [0.5, 0.6) is 0 Å². The van der Waals surface area contributed by atoms with Crippen molar-refractivity contribution >= 4 is 52.4 Å². The Morgan fingerprint density at radius 1 is 1.18 bits per heavy atom. The second kappa shape index (κ2) is 9.72. The van der Waals surface area contributed by atoms with Gasteiger partial charge in [0.25, 0.3) is 5.91 Å². The number of aromatic nitrogens is 2. The Bertz CT molecular complexity index is 1130. The van der Waals surface area contributed by atoms with Gasteiger partial charge in [-0.15, -0.1) is 0 Å². The topological polar surface area (TPSA) is 154 Å². The van der Waals surface area contributed by atoms with Gasteiger partial charge in [-0.25, -0.2) is 14.8 Å². The molecule has 1 aromatic heterocycles. The number of piperidine rings is 1. The molecule has 2 fully saturated rings. The Balaban J connectivity index is 1.55. The number of carbonyl (C=O) groups excluding carboxylic acids is 2. The van der Waals surface area contributed by atoms with Crippen molar-refractivity contribution in [3.63, 3.8) is 0 Å². The summed E-state index contributed by atoms with van der Waals surface area (Å²) in [6.45, 7) is 4.05. The molecule has 0 unspecified atom stereocenters. The minimum absolute atomic E-state index is 0.0284. The minimum atomic E-state index is -0.983. The molecule has 3 heterocycles. The third kappa shape index (κ3) is 5.14. The van der Waals surface area contributed by atoms with Crippen LogP contribution in [-0.2, 0) is 4.79 Å². The van der Waals surface area contributed by atoms with Crippen molar-refractivity contribution in [1.82, 2.24) is 14.9 Å². The number of ketones is 1. The molecule has 0 spiro atoms. The molecule has 1 atom stereocenters. The van der Waals surface area contributed by atoms with Gasteiger partial charge in [0, 0.05) is 56.4 Å². The maximum absolute atomic E-state index is 12.0. The summed E-state index contributed by atoms with van der Waals surface area (Å²) >= 11 is 6.24. The number of nitrogens with one attached hydrogen (secondary N) is 2. The lowest BCUT2D eigenvalue weighted by atomic mass is 10.1. The second-order valence-corrected chi connectivity index (χ2v) is 8.79. The molecule has 2 aliphatic heterocycles. The zero-order valence-electron chi connectivity index (χ0n) is 18.7. The van der Waals surface area contributed by atoms with Crippen LogP contribution < -0.4 is 21.3 Å². The first-order chi connectivity index (χ1) is 16.2. The molecule has 2 aliphatic rings. The number of rotatable bonds is 6. The van der Waals surface area contributed by atoms with Crippen molar-refractivity contribution in [3.8, 4) is 0 Å². The molecule has 0 aliphatic carbocycles. The number of hydrogen-bond acceptors (Lipinski definition) is 8. The molecule has 4 rings (SSSR count). The zero-order valence-corrected chi connectivity index (χ0v) is 19.4. The second-order valence-electron chi connectivity index (χ2n) is 8.44. The fourth-order valence-corrected chi connectivity index (χ4v) is 4.41. The number of aryl methyl sites for hydroxylation is 1. The van der Waals surface area contributed by atoms with E-state index in [0.29, 0.717) is 44.6 Å². The first-order valence-corrected chi connectivity index (χ1v) is 11.3. The first-order valence-electron chi connectivity index (χ1n) is 11.0. The van der Waals surface area contributed by atoms with Gasteiger partial charge < -0.3 is 31.3 Å². The molecule has 11 nitrogen and oxygen atoms in total. The summed E-state index contributed by atoms with van der Waals surface area (Å²) in [7, 11) is 0. The van der Waals surface area contributed by atoms with Gasteiger partial charge in [0.15, 0.2) is 22.5 Å². The molecule has 1 aromatic carbocycles. The molecular formula is C22H26ClN7O4. The van der Waals surface area contributed by atoms with Crippen molar-refractivity contribution in [2.45, 2.75) is 32.2 Å². The highest BCUT2D eigenvalue weighted by molar-refractivity contribution is 6.32. The molecular weight excluding hydrogens is 462 g/mol. The van der Waals surface area contributed by atoms with Gasteiger partial charge in [0.1, 0.15) is 5.78 Å². The average molecular weight is 488 g/mol. The predicted octanol–water partition coefficient (Wildman–Crippen LogP) is 2.61. The molecule has 0 saturated carbocycles. The van der Waals surface area contributed by atoms with Crippen molar-refractivity contribution in [2.24, 2.45) is 5.73 Å². The Kier molecular flexibility index (Phi) is 6.73. The number of likely N-dealkylation sites (tertiary alicyclic amines) is 1. The monoisotopic (exact) mass is 487 g/mol. The van der Waals surface area contributed by atoms with Crippen LogP contribution in [0.4, 0.5) is 27.8 Å². The van der Waals surface area contributed by atoms with E-state index in [1.165, 1.54) is 4.90 Å². The standard InChI is InChI=1S/C22H26ClN7O4/c1-12-10-13(2-3-16(12)29-8-5-15(31)6-9-29)25-20-17(19(24)32)27-18(23)21(28-20)26-14-4-7-30(11-14)22(33)34/h2-3,10,14H,4-9,11H2,1H3,(H2,24,32)(H,33,34)(H2,25,26,28)/t14-/m1/s1. The maximum atomic E-state index is 12.0. The van der Waals surface area contributed by atoms with E-state index in [1.54, 1.807) is 0 Å². The molecule has 0 radical (unpaired) electrons. The number of nitrogens with zero attached hydrogens (tertiary/aromatic N) is 4. The summed E-state index contributed by atoms with van der Waals surface area (Å²) in [6, 6.07) is 5.54. The molecule has 2 aromatic rings. The van der Waals surface area contributed by atoms with E-state index in [4.69, 9.17) is 22.4 Å². The summed E-state index contributed by atoms with van der Waals surface area (Å²) in [4.78, 5) is 46.8. The molecule has 12 heteroatoms. The molecule has 2 saturated heterocycles. The fraction of sp³-hybridized carbons (Fsp3) is 0.409. The van der Waals surface area contributed by atoms with Crippen molar-refractivity contribution in [3.05, 3.63) is 34.6 Å². The van der Waals surface area contributed by atoms with Crippen molar-refractivity contribution in [2.75, 3.05) is 41.7 Å². The van der Waals surface area contributed by atoms with Gasteiger partial charge >= 0.3 is 6.09 Å². The van der Waals surface area contributed by atoms with Crippen LogP contribution in [0.15, 0.2) is 18.2 Å². The highest BCUT2D eigenvalue weighted by atomic mass is 35.5. The number of Topliss-reactive ketones (excluding diaryl/α,β-unsaturated/α-hetero) is 1. The number of anilines is 4. The van der Waals surface area contributed by atoms with Gasteiger partial charge in [0.05, 0.1) is 0 Å². The molecule has 5 N–H and O–H groups in total. The molecule has 34 heavy (non-hydrogen) atoms. The van der Waals surface area contributed by atoms with E-state index in [-0.39, 0.29) is 40.9 Å². The van der Waals surface area contributed by atoms with Crippen LogP contribution in [0.3, 0.4) is 0 Å². The van der Waals surface area contributed by atoms with E-state index in [0.717, 1.165) is 11.3 Å². The normalized spacial score (nSPS) is 18.2. The van der Waals surface area contributed by atoms with E-state index in [1.807, 2.05) is 25.1 Å². The van der Waals surface area contributed by atoms with Crippen molar-refractivity contribution < 1.29 is 19.5 Å². The van der Waals surface area contributed by atoms with Crippen LogP contribution in [0, 0.1) is 6.92 Å². The van der Waals surface area contributed by atoms with Gasteiger partial charge in [0.2, 0.25) is 0 Å². The number of hydrogen-bond donors (Lipinski definition) is 4. The lowest BCUT2D eigenvalue weighted by Gasteiger charge is -2.29. The van der Waals surface area contributed by atoms with Crippen LogP contribution in [0.2, 0.25) is 5.15 Å². The number of carboxylic acid groups (broad SMARTS) is 1. The van der Waals surface area contributed by atoms with E-state index in [2.05, 4.69) is 25.5 Å². The van der Waals surface area contributed by atoms with Gasteiger partial charge in [-0.1, -0.05) is 11.6 Å². The van der Waals surface area contributed by atoms with Crippen LogP contribution in [-0.4, -0.2) is 70.0 Å². The lowest BCUT2D eigenvalue weighted by molar-refractivity contribution is -0.119. The lowest BCUT2D eigenvalue weighted by Crippen LogP contribution is -2.34. The first kappa shape index (κ1) is 23.6. The number of nitrogens with two attached hydrogens (primary N) is 1. The summed E-state index contributed by atoms with van der Waals surface area (Å²) in [5.41, 5.74) is 8.11. The SMILES string of the molecule is Cc1cc(Nc2nc(N[C@@H]3CCN(C(=O)O)C3)c(Cl)nc2C(N)=O)ccc1N1CCC(=O)CC1. The smallest absolute Gasteiger partial charge is 0.407 e. The number of amides is 2. The number of halogens is 1. The molecule has 180 valence electrons. The third-order valence-electron chi connectivity index (χ3n) is 6.01. The van der Waals surface area contributed by atoms with E-state index < -0.39 is 12.0 Å². The minimum Gasteiger partial charge on any atom is -0.465 e. The Morgan fingerprint density at radius 3 is 2.53 bits per heavy atom. The van der Waals surface area contributed by atoms with Gasteiger partial charge in [-0.3, -0.25) is 9.59 Å². The van der Waals surface area contributed by atoms with Crippen LogP contribution in [0.25, 0.3) is 0 Å². The van der Waals surface area contributed by atoms with Crippen molar-refractivity contribution in [1.29, 1.82) is 0 Å². The molecule has 0 bridgehead atoms. The highest BCUT2D eigenvalue weighted by Gasteiger charge is 2.27. The number of primary amides is 1. The summed E-state index contributed by atoms with van der Waals surface area (Å²) in [5, 5.41) is 15.3. The molecule has 2 amide bonds. The fourth-order valence-electron chi connectivity index (χ4n) is 4.23. The Hall–Kier alpha value is -3.60. The van der Waals surface area contributed by atoms with E-state index in [9.17, 15) is 14.4 Å². The highest BCUT2D eigenvalue weighted by Crippen LogP contribution is 2.30. The predicted molar refractivity (Wildman–Crippen MR) is 128 cm³/mol. The average Bonchev–Trinajstić information content (AvgIpc) is 3.25. The summed E-state index contributed by atoms with van der Waals surface area (Å²) < 4.78 is 0. The zero-order chi connectivity index (χ0) is 24.4. The maximum Gasteiger partial charge on any atom is 0.407 e. The summed E-state index contributed by atoms with van der Waals surface area (Å²) in [5.74, 6) is -0.126. The van der Waals surface area contributed by atoms with Crippen LogP contribution in [0.1, 0.15) is 35.3 Å². The summed E-state index contributed by atoms with van der Waals surface area (Å²) in [6.07, 6.45) is 0.696. The van der Waals surface area contributed by atoms with E-state index >= 15 is 0 Å². The quantitative estimate of drug-likeness (QED) is 0.481. The Labute approximate surface area is 201 Å². The largest absolute Gasteiger partial charge is 0.465 e. The third-order valence-corrected chi connectivity index (χ3v) is 6.27. The number of benzene rings is 1. The Morgan fingerprint density at radius 2 is 1.91 bits per heavy atom. The number of carbonyl (C=O) groups is 3. The van der Waals surface area contributed by atoms with Gasteiger partial charge in [-0.05, 0) is 37.1 Å². The van der Waals surface area contributed by atoms with Crippen LogP contribution >= 0.6 is 11.6 Å². The van der Waals surface area contributed by atoms with Gasteiger partial charge in [-0.2, -0.15) is 0 Å².